The summed E-state index contributed by atoms with van der Waals surface area (Å²) in [5.41, 5.74) is 0.736. The number of phenols is 6. The number of benzene rings is 4. The molecule has 0 aromatic heterocycles. The molecule has 7 rings (SSSR count). The average molecular weight is 869 g/mol. The second kappa shape index (κ2) is 18.1. The predicted octanol–water partition coefficient (Wildman–Crippen LogP) is -0.107. The maximum Gasteiger partial charge on any atom is 0.310 e. The summed E-state index contributed by atoms with van der Waals surface area (Å²) in [7, 11) is 0. The molecule has 4 aromatic carbocycles. The van der Waals surface area contributed by atoms with Gasteiger partial charge in [-0.15, -0.1) is 0 Å². The highest BCUT2D eigenvalue weighted by atomic mass is 16.7. The Balaban J connectivity index is 1.11. The molecule has 12 N–H and O–H groups in total. The number of rotatable bonds is 12. The topological polar surface area (TPSA) is 332 Å². The van der Waals surface area contributed by atoms with E-state index in [0.717, 1.165) is 36.4 Å². The molecule has 3 aliphatic rings. The molecule has 20 nitrogen and oxygen atoms in total. The van der Waals surface area contributed by atoms with Crippen LogP contribution in [0.15, 0.2) is 84.9 Å². The van der Waals surface area contributed by atoms with Gasteiger partial charge in [-0.25, -0.2) is 0 Å². The van der Waals surface area contributed by atoms with E-state index in [1.54, 1.807) is 0 Å². The van der Waals surface area contributed by atoms with Gasteiger partial charge in [0.05, 0.1) is 11.8 Å². The highest BCUT2D eigenvalue weighted by molar-refractivity contribution is 5.85. The lowest BCUT2D eigenvalue weighted by Gasteiger charge is -2.50. The molecule has 4 aromatic rings. The Bertz CT molecular complexity index is 2000. The molecule has 0 radical (unpaired) electrons. The van der Waals surface area contributed by atoms with Crippen LogP contribution in [-0.4, -0.2) is 148 Å². The van der Waals surface area contributed by atoms with Gasteiger partial charge in [0.2, 0.25) is 12.6 Å². The van der Waals surface area contributed by atoms with E-state index in [1.807, 2.05) is 0 Å². The minimum atomic E-state index is -1.88. The summed E-state index contributed by atoms with van der Waals surface area (Å²) in [5.74, 6) is -8.53. The molecule has 332 valence electrons. The summed E-state index contributed by atoms with van der Waals surface area (Å²) < 4.78 is 33.7. The minimum Gasteiger partial charge on any atom is -0.508 e. The van der Waals surface area contributed by atoms with Crippen LogP contribution >= 0.6 is 0 Å². The summed E-state index contributed by atoms with van der Waals surface area (Å²) in [6.07, 6.45) is -17.4. The Morgan fingerprint density at radius 3 is 1.08 bits per heavy atom. The van der Waals surface area contributed by atoms with Crippen molar-refractivity contribution in [1.82, 2.24) is 0 Å². The number of hydrogen-bond acceptors (Lipinski definition) is 20. The number of ether oxygens (including phenoxy) is 6. The van der Waals surface area contributed by atoms with Crippen LogP contribution in [-0.2, 0) is 28.5 Å². The number of hydrogen-bond donors (Lipinski definition) is 12. The highest BCUT2D eigenvalue weighted by Gasteiger charge is 2.60. The zero-order chi connectivity index (χ0) is 44.6. The van der Waals surface area contributed by atoms with Crippen LogP contribution in [0.2, 0.25) is 0 Å². The summed E-state index contributed by atoms with van der Waals surface area (Å²) in [5, 5.41) is 124. The lowest BCUT2D eigenvalue weighted by molar-refractivity contribution is -0.279. The molecule has 1 saturated carbocycles. The van der Waals surface area contributed by atoms with E-state index in [4.69, 9.17) is 28.4 Å². The third-order valence-corrected chi connectivity index (χ3v) is 11.0. The van der Waals surface area contributed by atoms with Crippen molar-refractivity contribution in [3.8, 4) is 46.0 Å². The van der Waals surface area contributed by atoms with E-state index in [-0.39, 0.29) is 23.0 Å². The first-order chi connectivity index (χ1) is 29.5. The number of phenolic OH excluding ortho intramolecular Hbond substituents is 6. The number of aromatic hydroxyl groups is 6. The zero-order valence-electron chi connectivity index (χ0n) is 32.2. The van der Waals surface area contributed by atoms with Gasteiger partial charge < -0.3 is 89.7 Å². The third kappa shape index (κ3) is 9.22. The van der Waals surface area contributed by atoms with Gasteiger partial charge in [-0.2, -0.15) is 0 Å². The fourth-order valence-electron chi connectivity index (χ4n) is 7.92. The summed E-state index contributed by atoms with van der Waals surface area (Å²) in [4.78, 5) is 28.4. The zero-order valence-corrected chi connectivity index (χ0v) is 32.2. The number of aliphatic hydroxyl groups is 6. The molecule has 3 fully saturated rings. The molecule has 0 amide bonds. The summed E-state index contributed by atoms with van der Waals surface area (Å²) in [6, 6.07) is 17.5. The van der Waals surface area contributed by atoms with Crippen LogP contribution in [0.5, 0.6) is 46.0 Å². The number of carbonyl (C=O) groups excluding carboxylic acids is 2. The fraction of sp³-hybridized carbons (Fsp3) is 0.381. The first-order valence-electron chi connectivity index (χ1n) is 19.2. The quantitative estimate of drug-likeness (QED) is 0.0827. The largest absolute Gasteiger partial charge is 0.508 e. The fourth-order valence-corrected chi connectivity index (χ4v) is 7.92. The molecular weight excluding hydrogens is 824 g/mol. The first kappa shape index (κ1) is 44.0. The lowest BCUT2D eigenvalue weighted by Crippen LogP contribution is -2.61. The second-order valence-corrected chi connectivity index (χ2v) is 15.2. The van der Waals surface area contributed by atoms with Crippen molar-refractivity contribution in [2.45, 2.75) is 73.2 Å². The van der Waals surface area contributed by atoms with Gasteiger partial charge in [-0.3, -0.25) is 9.59 Å². The molecule has 2 heterocycles. The molecule has 20 heteroatoms. The van der Waals surface area contributed by atoms with Crippen molar-refractivity contribution in [2.75, 3.05) is 13.2 Å². The van der Waals surface area contributed by atoms with Crippen LogP contribution < -0.4 is 9.47 Å². The Morgan fingerprint density at radius 2 is 0.758 bits per heavy atom. The smallest absolute Gasteiger partial charge is 0.310 e. The molecule has 2 saturated heterocycles. The first-order valence-corrected chi connectivity index (χ1v) is 19.2. The molecule has 10 atom stereocenters. The van der Waals surface area contributed by atoms with Crippen LogP contribution in [0.3, 0.4) is 0 Å². The third-order valence-electron chi connectivity index (χ3n) is 11.0. The van der Waals surface area contributed by atoms with Crippen LogP contribution in [0.4, 0.5) is 0 Å². The van der Waals surface area contributed by atoms with Gasteiger partial charge in [0.1, 0.15) is 108 Å². The van der Waals surface area contributed by atoms with Gasteiger partial charge in [-0.1, -0.05) is 24.3 Å². The minimum absolute atomic E-state index is 0.134. The normalized spacial score (nSPS) is 31.9. The summed E-state index contributed by atoms with van der Waals surface area (Å²) in [6.45, 7) is -1.44. The molecule has 0 spiro atoms. The van der Waals surface area contributed by atoms with Gasteiger partial charge in [0.15, 0.2) is 0 Å². The van der Waals surface area contributed by atoms with Crippen molar-refractivity contribution < 1.29 is 99.3 Å². The van der Waals surface area contributed by atoms with E-state index in [0.29, 0.717) is 11.1 Å². The number of esters is 2. The average Bonchev–Trinajstić information content (AvgIpc) is 3.20. The van der Waals surface area contributed by atoms with Crippen molar-refractivity contribution in [1.29, 1.82) is 0 Å². The van der Waals surface area contributed by atoms with E-state index in [9.17, 15) is 70.9 Å². The Morgan fingerprint density at radius 1 is 0.435 bits per heavy atom. The Labute approximate surface area is 351 Å². The van der Waals surface area contributed by atoms with Crippen molar-refractivity contribution in [3.05, 3.63) is 96.1 Å². The Kier molecular flexibility index (Phi) is 12.8. The molecule has 2 aliphatic heterocycles. The SMILES string of the molecule is O=C(OC[C@H]1O[C@@H](Oc2cc(O)cc(O)c2)[C@H](O)[C@@H](O)[C@@H]1O)C1C(c2ccc(O)cc2)C(C(=O)OC[C@H]2O[C@@H](Oc3cc(O)cc(O)c3)[C@H](O)[C@@H](O)[C@@H]2O)C1c1ccc(O)cc1. The standard InChI is InChI=1S/C42H44O20/c43-19-5-1-17(2-6-19)29-31(39(55)57-15-27-33(49)35(51)37(53)41(61-27)59-25-11-21(45)9-22(46)12-25)30(18-3-7-20(44)8-4-18)32(29)40(56)58-16-28-34(50)36(52)38(54)42(62-28)60-26-13-23(47)10-24(48)14-26/h1-14,27-38,41-54H,15-16H2/t27-,28-,29?,30?,31?,32?,33-,34-,35+,36+,37-,38-,41-,42-/m1/s1. The second-order valence-electron chi connectivity index (χ2n) is 15.2. The molecular formula is C42H44O20. The Hall–Kier alpha value is -6.10. The molecule has 0 unspecified atom stereocenters. The predicted molar refractivity (Wildman–Crippen MR) is 205 cm³/mol. The van der Waals surface area contributed by atoms with E-state index < -0.39 is 133 Å². The molecule has 0 bridgehead atoms. The number of aliphatic hydroxyl groups excluding tert-OH is 6. The summed E-state index contributed by atoms with van der Waals surface area (Å²) >= 11 is 0. The maximum atomic E-state index is 14.2. The van der Waals surface area contributed by atoms with Crippen molar-refractivity contribution in [2.24, 2.45) is 11.8 Å². The van der Waals surface area contributed by atoms with Crippen molar-refractivity contribution in [3.63, 3.8) is 0 Å². The van der Waals surface area contributed by atoms with Gasteiger partial charge in [-0.05, 0) is 35.4 Å². The van der Waals surface area contributed by atoms with Gasteiger partial charge in [0, 0.05) is 48.2 Å². The number of carbonyl (C=O) groups is 2. The lowest BCUT2D eigenvalue weighted by atomic mass is 9.52. The highest BCUT2D eigenvalue weighted by Crippen LogP contribution is 2.59. The van der Waals surface area contributed by atoms with Gasteiger partial charge in [0.25, 0.3) is 0 Å². The van der Waals surface area contributed by atoms with Gasteiger partial charge >= 0.3 is 11.9 Å². The van der Waals surface area contributed by atoms with Crippen molar-refractivity contribution >= 4 is 11.9 Å². The maximum absolute atomic E-state index is 14.2. The van der Waals surface area contributed by atoms with Crippen LogP contribution in [0.25, 0.3) is 0 Å². The van der Waals surface area contributed by atoms with Crippen LogP contribution in [0.1, 0.15) is 23.0 Å². The molecule has 62 heavy (non-hydrogen) atoms. The van der Waals surface area contributed by atoms with E-state index in [1.165, 1.54) is 48.5 Å². The monoisotopic (exact) mass is 868 g/mol. The van der Waals surface area contributed by atoms with E-state index >= 15 is 0 Å². The molecule has 1 aliphatic carbocycles. The van der Waals surface area contributed by atoms with Crippen LogP contribution in [0, 0.1) is 11.8 Å². The van der Waals surface area contributed by atoms with E-state index in [2.05, 4.69) is 0 Å².